The molecular formula is C31H53NO5. The summed E-state index contributed by atoms with van der Waals surface area (Å²) in [5, 5.41) is 43.0. The second kappa shape index (κ2) is 15.3. The number of aliphatic hydroxyl groups excluding tert-OH is 2. The fraction of sp³-hybridized carbons (Fsp3) is 0.839. The number of aliphatic carboxylic acids is 1. The normalized spacial score (nSPS) is 28.1. The molecule has 2 fully saturated rings. The minimum atomic E-state index is -0.922. The number of fused-ring (bicyclic) bond motifs is 1. The van der Waals surface area contributed by atoms with Gasteiger partial charge in [0, 0.05) is 11.9 Å². The number of hydrogen-bond acceptors (Lipinski definition) is 4. The molecule has 1 aromatic rings. The summed E-state index contributed by atoms with van der Waals surface area (Å²) in [7, 11) is 0. The molecule has 0 unspecified atom stereocenters. The van der Waals surface area contributed by atoms with E-state index in [9.17, 15) is 25.2 Å². The Morgan fingerprint density at radius 3 is 2.24 bits per heavy atom. The van der Waals surface area contributed by atoms with Crippen LogP contribution in [0.4, 0.5) is 0 Å². The predicted molar refractivity (Wildman–Crippen MR) is 147 cm³/mol. The summed E-state index contributed by atoms with van der Waals surface area (Å²) in [5.41, 5.74) is 0.319. The van der Waals surface area contributed by atoms with Gasteiger partial charge in [-0.15, -0.1) is 0 Å². The monoisotopic (exact) mass is 519 g/mol. The Kier molecular flexibility index (Phi) is 12.5. The van der Waals surface area contributed by atoms with Crippen molar-refractivity contribution in [3.8, 4) is 0 Å². The Hall–Kier alpha value is -1.37. The molecule has 2 aliphatic rings. The van der Waals surface area contributed by atoms with E-state index in [1.807, 2.05) is 12.3 Å². The van der Waals surface area contributed by atoms with Gasteiger partial charge in [-0.1, -0.05) is 64.7 Å². The van der Waals surface area contributed by atoms with Gasteiger partial charge in [-0.25, -0.2) is 0 Å². The van der Waals surface area contributed by atoms with Gasteiger partial charge >= 0.3 is 5.97 Å². The number of H-pyrrole nitrogens is 1. The highest BCUT2D eigenvalue weighted by Gasteiger charge is 2.53. The van der Waals surface area contributed by atoms with Crippen LogP contribution in [0.3, 0.4) is 0 Å². The summed E-state index contributed by atoms with van der Waals surface area (Å²) >= 11 is 0. The topological polar surface area (TPSA) is 114 Å². The van der Waals surface area contributed by atoms with Gasteiger partial charge in [0.2, 0.25) is 0 Å². The predicted octanol–water partition coefficient (Wildman–Crippen LogP) is 6.24. The lowest BCUT2D eigenvalue weighted by Crippen LogP contribution is -2.49. The molecule has 5 N–H and O–H groups in total. The third kappa shape index (κ3) is 8.83. The summed E-state index contributed by atoms with van der Waals surface area (Å²) in [6.07, 6.45) is 17.7. The van der Waals surface area contributed by atoms with Crippen LogP contribution in [0, 0.1) is 23.7 Å². The van der Waals surface area contributed by atoms with Gasteiger partial charge in [0.25, 0.3) is 0 Å². The van der Waals surface area contributed by atoms with Gasteiger partial charge in [-0.2, -0.15) is 0 Å². The first kappa shape index (κ1) is 30.2. The number of carboxylic acids is 1. The molecule has 6 nitrogen and oxygen atoms in total. The van der Waals surface area contributed by atoms with Crippen molar-refractivity contribution in [2.45, 2.75) is 140 Å². The highest BCUT2D eigenvalue weighted by Crippen LogP contribution is 2.52. The third-order valence-corrected chi connectivity index (χ3v) is 9.54. The highest BCUT2D eigenvalue weighted by molar-refractivity contribution is 5.70. The van der Waals surface area contributed by atoms with Crippen molar-refractivity contribution in [3.05, 3.63) is 24.0 Å². The molecule has 0 radical (unpaired) electrons. The maximum absolute atomic E-state index is 12.1. The molecule has 0 saturated heterocycles. The summed E-state index contributed by atoms with van der Waals surface area (Å²) in [6, 6.07) is 4.04. The number of aromatic amines is 1. The van der Waals surface area contributed by atoms with E-state index in [1.54, 1.807) is 0 Å². The largest absolute Gasteiger partial charge is 0.481 e. The first-order chi connectivity index (χ1) is 17.8. The van der Waals surface area contributed by atoms with Crippen molar-refractivity contribution in [1.29, 1.82) is 0 Å². The number of aromatic nitrogens is 1. The molecule has 6 heteroatoms. The molecule has 2 saturated carbocycles. The first-order valence-electron chi connectivity index (χ1n) is 15.3. The molecule has 0 spiro atoms. The minimum Gasteiger partial charge on any atom is -0.481 e. The molecule has 0 amide bonds. The average Bonchev–Trinajstić information content (AvgIpc) is 3.50. The van der Waals surface area contributed by atoms with Crippen LogP contribution in [0.2, 0.25) is 0 Å². The van der Waals surface area contributed by atoms with Gasteiger partial charge in [0.1, 0.15) is 0 Å². The smallest absolute Gasteiger partial charge is 0.309 e. The number of carboxylic acid groups (broad SMARTS) is 1. The Balaban J connectivity index is 1.39. The number of rotatable bonds is 18. The zero-order valence-corrected chi connectivity index (χ0v) is 23.1. The van der Waals surface area contributed by atoms with Crippen LogP contribution < -0.4 is 0 Å². The lowest BCUT2D eigenvalue weighted by Gasteiger charge is -2.44. The van der Waals surface area contributed by atoms with Crippen LogP contribution in [0.1, 0.15) is 122 Å². The molecule has 2 aliphatic carbocycles. The molecule has 7 atom stereocenters. The van der Waals surface area contributed by atoms with E-state index >= 15 is 0 Å². The molecular weight excluding hydrogens is 466 g/mol. The molecule has 3 rings (SSSR count). The van der Waals surface area contributed by atoms with E-state index < -0.39 is 23.6 Å². The molecule has 0 bridgehead atoms. The van der Waals surface area contributed by atoms with Crippen molar-refractivity contribution in [1.82, 2.24) is 4.98 Å². The Bertz CT molecular complexity index is 768. The number of carbonyl (C=O) groups is 1. The average molecular weight is 520 g/mol. The highest BCUT2D eigenvalue weighted by atomic mass is 16.4. The van der Waals surface area contributed by atoms with Gasteiger partial charge in [0.05, 0.1) is 23.7 Å². The van der Waals surface area contributed by atoms with E-state index in [-0.39, 0.29) is 23.9 Å². The molecule has 1 heterocycles. The molecule has 1 aromatic heterocycles. The summed E-state index contributed by atoms with van der Waals surface area (Å²) in [6.45, 7) is 2.21. The van der Waals surface area contributed by atoms with E-state index in [4.69, 9.17) is 0 Å². The number of hydrogen-bond donors (Lipinski definition) is 5. The molecule has 37 heavy (non-hydrogen) atoms. The lowest BCUT2D eigenvalue weighted by molar-refractivity contribution is -0.152. The first-order valence-corrected chi connectivity index (χ1v) is 15.3. The minimum absolute atomic E-state index is 0.154. The van der Waals surface area contributed by atoms with Crippen molar-refractivity contribution in [3.63, 3.8) is 0 Å². The van der Waals surface area contributed by atoms with Crippen molar-refractivity contribution >= 4 is 5.97 Å². The van der Waals surface area contributed by atoms with Crippen LogP contribution in [0.25, 0.3) is 0 Å². The van der Waals surface area contributed by atoms with Gasteiger partial charge in [0.15, 0.2) is 0 Å². The van der Waals surface area contributed by atoms with Gasteiger partial charge in [-0.3, -0.25) is 4.79 Å². The summed E-state index contributed by atoms with van der Waals surface area (Å²) in [4.78, 5) is 15.3. The summed E-state index contributed by atoms with van der Waals surface area (Å²) < 4.78 is 0. The van der Waals surface area contributed by atoms with E-state index in [0.29, 0.717) is 12.8 Å². The van der Waals surface area contributed by atoms with Crippen LogP contribution in [0.15, 0.2) is 18.3 Å². The third-order valence-electron chi connectivity index (χ3n) is 9.54. The number of unbranched alkanes of at least 4 members (excludes halogenated alkanes) is 7. The van der Waals surface area contributed by atoms with Crippen LogP contribution in [0.5, 0.6) is 0 Å². The molecule has 212 valence electrons. The Morgan fingerprint density at radius 1 is 0.973 bits per heavy atom. The quantitative estimate of drug-likeness (QED) is 0.147. The van der Waals surface area contributed by atoms with E-state index in [0.717, 1.165) is 82.7 Å². The maximum atomic E-state index is 12.1. The molecule has 0 aromatic carbocycles. The Labute approximate surface area is 224 Å². The van der Waals surface area contributed by atoms with Gasteiger partial charge in [-0.05, 0) is 87.7 Å². The Morgan fingerprint density at radius 2 is 1.62 bits per heavy atom. The van der Waals surface area contributed by atoms with E-state index in [1.165, 1.54) is 25.7 Å². The van der Waals surface area contributed by atoms with Crippen molar-refractivity contribution in [2.75, 3.05) is 0 Å². The zero-order chi connectivity index (χ0) is 26.7. The lowest BCUT2D eigenvalue weighted by atomic mass is 9.66. The maximum Gasteiger partial charge on any atom is 0.309 e. The second-order valence-corrected chi connectivity index (χ2v) is 12.2. The van der Waals surface area contributed by atoms with Crippen LogP contribution in [-0.4, -0.2) is 49.2 Å². The standard InChI is InChI=1S/C31H53NO5/c1-2-3-4-5-8-13-27(33)14-9-6-7-10-15-28(30(35)36)29(34)23-16-17-24-18-19-25(31(24,37)22-23)21-26-12-11-20-32-26/h11-12,20,23-25,27-29,32-34,37H,2-10,13-19,21-22H2,1H3,(H,35,36)/t23-,24+,25+,27+,28+,29-,31-/m1/s1. The van der Waals surface area contributed by atoms with Crippen molar-refractivity contribution < 1.29 is 25.2 Å². The second-order valence-electron chi connectivity index (χ2n) is 12.2. The number of aliphatic hydroxyl groups is 3. The fourth-order valence-corrected chi connectivity index (χ4v) is 7.23. The zero-order valence-electron chi connectivity index (χ0n) is 23.1. The number of nitrogens with one attached hydrogen (secondary N) is 1. The van der Waals surface area contributed by atoms with E-state index in [2.05, 4.69) is 18.0 Å². The molecule has 0 aliphatic heterocycles. The van der Waals surface area contributed by atoms with Crippen molar-refractivity contribution in [2.24, 2.45) is 23.7 Å². The fourth-order valence-electron chi connectivity index (χ4n) is 7.23. The van der Waals surface area contributed by atoms with Crippen LogP contribution >= 0.6 is 0 Å². The summed E-state index contributed by atoms with van der Waals surface area (Å²) in [5.74, 6) is -1.46. The van der Waals surface area contributed by atoms with Gasteiger partial charge < -0.3 is 25.4 Å². The van der Waals surface area contributed by atoms with Crippen LogP contribution in [-0.2, 0) is 11.2 Å². The SMILES string of the molecule is CCCCCCC[C@H](O)CCCCCC[C@H](C(=O)O)[C@H](O)[C@@H]1CC[C@H]2CC[C@@H](Cc3ccc[nH]3)[C@@]2(O)C1.